The molecule has 0 atom stereocenters. The molecular formula is C23H18BrN3O2S. The SMILES string of the molecule is Br.C1=C(c2ccccc2)N(c2ccccc2)N=C(/N=C/c2ccc3c(c2)OCO3)S1. The van der Waals surface area contributed by atoms with Gasteiger partial charge in [0.05, 0.1) is 11.4 Å². The zero-order valence-corrected chi connectivity index (χ0v) is 18.4. The minimum Gasteiger partial charge on any atom is -0.454 e. The van der Waals surface area contributed by atoms with Gasteiger partial charge in [-0.15, -0.1) is 22.1 Å². The molecule has 2 aliphatic rings. The van der Waals surface area contributed by atoms with Crippen molar-refractivity contribution < 1.29 is 9.47 Å². The van der Waals surface area contributed by atoms with Crippen molar-refractivity contribution in [2.45, 2.75) is 0 Å². The van der Waals surface area contributed by atoms with Crippen LogP contribution in [0.15, 0.2) is 94.4 Å². The molecule has 3 aromatic rings. The molecule has 3 aromatic carbocycles. The topological polar surface area (TPSA) is 46.4 Å². The van der Waals surface area contributed by atoms with Crippen molar-refractivity contribution in [1.29, 1.82) is 0 Å². The van der Waals surface area contributed by atoms with Crippen LogP contribution in [0.25, 0.3) is 5.70 Å². The third-order valence-electron chi connectivity index (χ3n) is 4.48. The van der Waals surface area contributed by atoms with E-state index in [1.165, 1.54) is 11.8 Å². The fourth-order valence-corrected chi connectivity index (χ4v) is 3.76. The maximum Gasteiger partial charge on any atom is 0.231 e. The first-order valence-corrected chi connectivity index (χ1v) is 10.0. The second kappa shape index (κ2) is 9.19. The molecule has 2 heterocycles. The summed E-state index contributed by atoms with van der Waals surface area (Å²) in [5.41, 5.74) is 4.04. The molecule has 7 heteroatoms. The second-order valence-electron chi connectivity index (χ2n) is 6.39. The van der Waals surface area contributed by atoms with E-state index in [4.69, 9.17) is 14.6 Å². The molecule has 0 amide bonds. The van der Waals surface area contributed by atoms with Crippen LogP contribution < -0.4 is 14.5 Å². The molecule has 0 N–H and O–H groups in total. The molecular weight excluding hydrogens is 462 g/mol. The molecule has 0 radical (unpaired) electrons. The number of rotatable bonds is 3. The predicted octanol–water partition coefficient (Wildman–Crippen LogP) is 5.94. The number of halogens is 1. The molecule has 0 aliphatic carbocycles. The molecule has 0 aromatic heterocycles. The standard InChI is InChI=1S/C23H17N3O2S.BrH/c1-3-7-18(8-4-1)20-15-29-23(25-26(20)19-9-5-2-6-10-19)24-14-17-11-12-21-22(13-17)28-16-27-21;/h1-15H,16H2;1H/b24-14+;. The Bertz CT molecular complexity index is 1120. The third-order valence-corrected chi connectivity index (χ3v) is 5.22. The van der Waals surface area contributed by atoms with Crippen molar-refractivity contribution in [2.75, 3.05) is 11.8 Å². The Morgan fingerprint density at radius 1 is 0.900 bits per heavy atom. The summed E-state index contributed by atoms with van der Waals surface area (Å²) in [4.78, 5) is 4.59. The lowest BCUT2D eigenvalue weighted by atomic mass is 10.1. The van der Waals surface area contributed by atoms with Crippen molar-refractivity contribution in [3.8, 4) is 11.5 Å². The molecule has 150 valence electrons. The number of hydrogen-bond donors (Lipinski definition) is 0. The van der Waals surface area contributed by atoms with E-state index in [1.54, 1.807) is 6.21 Å². The highest BCUT2D eigenvalue weighted by Crippen LogP contribution is 2.34. The smallest absolute Gasteiger partial charge is 0.231 e. The fourth-order valence-electron chi connectivity index (χ4n) is 3.07. The van der Waals surface area contributed by atoms with E-state index in [0.29, 0.717) is 5.17 Å². The van der Waals surface area contributed by atoms with Gasteiger partial charge >= 0.3 is 0 Å². The van der Waals surface area contributed by atoms with Gasteiger partial charge in [0.15, 0.2) is 11.5 Å². The van der Waals surface area contributed by atoms with Crippen LogP contribution in [0.2, 0.25) is 0 Å². The molecule has 0 bridgehead atoms. The summed E-state index contributed by atoms with van der Waals surface area (Å²) >= 11 is 1.50. The summed E-state index contributed by atoms with van der Waals surface area (Å²) in [6.07, 6.45) is 1.79. The Morgan fingerprint density at radius 2 is 1.63 bits per heavy atom. The normalized spacial score (nSPS) is 14.9. The Morgan fingerprint density at radius 3 is 2.43 bits per heavy atom. The highest BCUT2D eigenvalue weighted by molar-refractivity contribution is 8.93. The van der Waals surface area contributed by atoms with Gasteiger partial charge in [0.2, 0.25) is 12.0 Å². The number of benzene rings is 3. The van der Waals surface area contributed by atoms with Crippen LogP contribution in [0.4, 0.5) is 5.69 Å². The van der Waals surface area contributed by atoms with Gasteiger partial charge in [-0.2, -0.15) is 0 Å². The molecule has 0 unspecified atom stereocenters. The number of ether oxygens (including phenoxy) is 2. The van der Waals surface area contributed by atoms with Gasteiger partial charge in [-0.25, -0.2) is 10.0 Å². The maximum atomic E-state index is 5.43. The predicted molar refractivity (Wildman–Crippen MR) is 129 cm³/mol. The Kier molecular flexibility index (Phi) is 6.21. The number of hydrazone groups is 1. The summed E-state index contributed by atoms with van der Waals surface area (Å²) in [6, 6.07) is 26.1. The lowest BCUT2D eigenvalue weighted by Gasteiger charge is -2.25. The minimum atomic E-state index is 0. The number of anilines is 1. The van der Waals surface area contributed by atoms with E-state index in [9.17, 15) is 0 Å². The van der Waals surface area contributed by atoms with Gasteiger partial charge in [-0.1, -0.05) is 60.3 Å². The molecule has 5 rings (SSSR count). The van der Waals surface area contributed by atoms with Gasteiger partial charge in [-0.3, -0.25) is 0 Å². The van der Waals surface area contributed by atoms with E-state index in [2.05, 4.69) is 22.5 Å². The van der Waals surface area contributed by atoms with Crippen molar-refractivity contribution in [3.63, 3.8) is 0 Å². The van der Waals surface area contributed by atoms with Crippen LogP contribution in [0.1, 0.15) is 11.1 Å². The Balaban J connectivity index is 0.00000218. The van der Waals surface area contributed by atoms with Crippen LogP contribution in [0.3, 0.4) is 0 Å². The van der Waals surface area contributed by atoms with Crippen LogP contribution >= 0.6 is 28.7 Å². The van der Waals surface area contributed by atoms with Crippen LogP contribution in [-0.2, 0) is 0 Å². The van der Waals surface area contributed by atoms with Crippen LogP contribution in [0.5, 0.6) is 11.5 Å². The van der Waals surface area contributed by atoms with Gasteiger partial charge in [0, 0.05) is 17.2 Å². The number of fused-ring (bicyclic) bond motifs is 1. The molecule has 0 fully saturated rings. The number of hydrogen-bond acceptors (Lipinski definition) is 6. The van der Waals surface area contributed by atoms with E-state index in [-0.39, 0.29) is 23.8 Å². The zero-order valence-electron chi connectivity index (χ0n) is 15.8. The lowest BCUT2D eigenvalue weighted by Crippen LogP contribution is -2.19. The van der Waals surface area contributed by atoms with Crippen molar-refractivity contribution >= 4 is 51.5 Å². The van der Waals surface area contributed by atoms with E-state index in [1.807, 2.05) is 71.7 Å². The first-order valence-electron chi connectivity index (χ1n) is 9.16. The first-order chi connectivity index (χ1) is 14.4. The van der Waals surface area contributed by atoms with Crippen molar-refractivity contribution in [2.24, 2.45) is 10.1 Å². The highest BCUT2D eigenvalue weighted by Gasteiger charge is 2.19. The van der Waals surface area contributed by atoms with Gasteiger partial charge < -0.3 is 9.47 Å². The van der Waals surface area contributed by atoms with E-state index in [0.717, 1.165) is 34.0 Å². The summed E-state index contributed by atoms with van der Waals surface area (Å²) in [7, 11) is 0. The number of nitrogens with zero attached hydrogens (tertiary/aromatic N) is 3. The van der Waals surface area contributed by atoms with Crippen molar-refractivity contribution in [1.82, 2.24) is 0 Å². The average Bonchev–Trinajstić information content (AvgIpc) is 3.27. The molecule has 2 aliphatic heterocycles. The highest BCUT2D eigenvalue weighted by atomic mass is 79.9. The zero-order chi connectivity index (χ0) is 19.5. The van der Waals surface area contributed by atoms with E-state index < -0.39 is 0 Å². The van der Waals surface area contributed by atoms with Gasteiger partial charge in [-0.05, 0) is 35.9 Å². The minimum absolute atomic E-state index is 0. The molecule has 5 nitrogen and oxygen atoms in total. The summed E-state index contributed by atoms with van der Waals surface area (Å²) in [5.74, 6) is 1.50. The van der Waals surface area contributed by atoms with Crippen molar-refractivity contribution in [3.05, 3.63) is 95.4 Å². The Hall–Kier alpha value is -3.03. The number of amidine groups is 1. The second-order valence-corrected chi connectivity index (χ2v) is 7.22. The maximum absolute atomic E-state index is 5.43. The van der Waals surface area contributed by atoms with Crippen LogP contribution in [0, 0.1) is 0 Å². The Labute approximate surface area is 189 Å². The quantitative estimate of drug-likeness (QED) is 0.436. The number of para-hydroxylation sites is 1. The molecule has 0 saturated carbocycles. The summed E-state index contributed by atoms with van der Waals surface area (Å²) < 4.78 is 10.8. The lowest BCUT2D eigenvalue weighted by molar-refractivity contribution is 0.174. The fraction of sp³-hybridized carbons (Fsp3) is 0.0435. The molecule has 0 saturated heterocycles. The summed E-state index contributed by atoms with van der Waals surface area (Å²) in [5, 5.41) is 9.46. The summed E-state index contributed by atoms with van der Waals surface area (Å²) in [6.45, 7) is 0.261. The third kappa shape index (κ3) is 4.27. The molecule has 0 spiro atoms. The average molecular weight is 480 g/mol. The largest absolute Gasteiger partial charge is 0.454 e. The first kappa shape index (κ1) is 20.3. The number of thioether (sulfide) groups is 1. The molecule has 30 heavy (non-hydrogen) atoms. The van der Waals surface area contributed by atoms with Gasteiger partial charge in [0.1, 0.15) is 0 Å². The van der Waals surface area contributed by atoms with Crippen LogP contribution in [-0.4, -0.2) is 18.2 Å². The monoisotopic (exact) mass is 479 g/mol. The van der Waals surface area contributed by atoms with Gasteiger partial charge in [0.25, 0.3) is 0 Å². The number of aliphatic imine (C=N–C) groups is 1. The van der Waals surface area contributed by atoms with E-state index >= 15 is 0 Å².